The van der Waals surface area contributed by atoms with Crippen LogP contribution in [0.25, 0.3) is 0 Å². The van der Waals surface area contributed by atoms with Crippen LogP contribution in [-0.4, -0.2) is 37.0 Å². The minimum Gasteiger partial charge on any atom is -0.492 e. The number of likely N-dealkylation sites (N-methyl/N-ethyl adjacent to an activating group) is 1. The Bertz CT molecular complexity index is 413. The van der Waals surface area contributed by atoms with Gasteiger partial charge in [0, 0.05) is 18.2 Å². The minimum atomic E-state index is 0.0370. The van der Waals surface area contributed by atoms with Crippen LogP contribution < -0.4 is 10.1 Å². The smallest absolute Gasteiger partial charge is 0.227 e. The summed E-state index contributed by atoms with van der Waals surface area (Å²) in [6.07, 6.45) is 0.846. The molecule has 0 saturated heterocycles. The zero-order chi connectivity index (χ0) is 15.7. The van der Waals surface area contributed by atoms with Crippen molar-refractivity contribution in [2.75, 3.05) is 31.6 Å². The van der Waals surface area contributed by atoms with E-state index >= 15 is 0 Å². The molecular weight excluding hydrogens is 264 g/mol. The molecule has 1 rings (SSSR count). The fraction of sp³-hybridized carbons (Fsp3) is 0.588. The molecule has 1 aromatic rings. The van der Waals surface area contributed by atoms with Crippen molar-refractivity contribution in [1.29, 1.82) is 0 Å². The molecule has 4 nitrogen and oxygen atoms in total. The Labute approximate surface area is 128 Å². The Morgan fingerprint density at radius 3 is 2.33 bits per heavy atom. The highest BCUT2D eigenvalue weighted by molar-refractivity contribution is 5.92. The molecule has 0 radical (unpaired) electrons. The normalized spacial score (nSPS) is 12.2. The van der Waals surface area contributed by atoms with Gasteiger partial charge in [-0.15, -0.1) is 0 Å². The van der Waals surface area contributed by atoms with E-state index in [0.29, 0.717) is 6.61 Å². The van der Waals surface area contributed by atoms with Gasteiger partial charge in [-0.05, 0) is 43.8 Å². The molecule has 0 aliphatic carbocycles. The van der Waals surface area contributed by atoms with Crippen LogP contribution >= 0.6 is 0 Å². The molecule has 118 valence electrons. The fourth-order valence-corrected chi connectivity index (χ4v) is 1.92. The Morgan fingerprint density at radius 2 is 1.81 bits per heavy atom. The molecule has 0 aliphatic rings. The average molecular weight is 292 g/mol. The predicted octanol–water partition coefficient (Wildman–Crippen LogP) is 3.39. The van der Waals surface area contributed by atoms with Gasteiger partial charge in [-0.3, -0.25) is 4.79 Å². The number of rotatable bonds is 9. The third kappa shape index (κ3) is 6.17. The van der Waals surface area contributed by atoms with E-state index in [9.17, 15) is 4.79 Å². The van der Waals surface area contributed by atoms with Crippen LogP contribution in [0, 0.1) is 5.92 Å². The molecule has 1 atom stereocenters. The zero-order valence-corrected chi connectivity index (χ0v) is 13.7. The maximum absolute atomic E-state index is 11.8. The quantitative estimate of drug-likeness (QED) is 0.758. The SMILES string of the molecule is CCC(C)C(=O)Nc1ccc(OCCN(CC)CC)cc1. The first-order chi connectivity index (χ1) is 10.1. The van der Waals surface area contributed by atoms with Gasteiger partial charge in [-0.2, -0.15) is 0 Å². The molecule has 0 saturated carbocycles. The van der Waals surface area contributed by atoms with Gasteiger partial charge >= 0.3 is 0 Å². The monoisotopic (exact) mass is 292 g/mol. The van der Waals surface area contributed by atoms with Gasteiger partial charge in [0.2, 0.25) is 5.91 Å². The van der Waals surface area contributed by atoms with Crippen LogP contribution in [0.5, 0.6) is 5.75 Å². The number of anilines is 1. The highest BCUT2D eigenvalue weighted by atomic mass is 16.5. The van der Waals surface area contributed by atoms with Crippen molar-refractivity contribution in [3.63, 3.8) is 0 Å². The Kier molecular flexibility index (Phi) is 7.83. The second-order valence-electron chi connectivity index (χ2n) is 5.20. The predicted molar refractivity (Wildman–Crippen MR) is 87.8 cm³/mol. The second-order valence-corrected chi connectivity index (χ2v) is 5.20. The molecule has 0 aromatic heterocycles. The van der Waals surface area contributed by atoms with Crippen molar-refractivity contribution >= 4 is 11.6 Å². The van der Waals surface area contributed by atoms with Crippen LogP contribution in [0.1, 0.15) is 34.1 Å². The van der Waals surface area contributed by atoms with E-state index in [2.05, 4.69) is 24.1 Å². The van der Waals surface area contributed by atoms with E-state index in [4.69, 9.17) is 4.74 Å². The maximum Gasteiger partial charge on any atom is 0.227 e. The lowest BCUT2D eigenvalue weighted by atomic mass is 10.1. The second kappa shape index (κ2) is 9.40. The van der Waals surface area contributed by atoms with E-state index in [1.54, 1.807) is 0 Å². The van der Waals surface area contributed by atoms with Crippen molar-refractivity contribution < 1.29 is 9.53 Å². The first-order valence-electron chi connectivity index (χ1n) is 7.86. The third-order valence-corrected chi connectivity index (χ3v) is 3.75. The van der Waals surface area contributed by atoms with Crippen molar-refractivity contribution in [1.82, 2.24) is 4.90 Å². The van der Waals surface area contributed by atoms with Crippen molar-refractivity contribution in [2.45, 2.75) is 34.1 Å². The summed E-state index contributed by atoms with van der Waals surface area (Å²) < 4.78 is 5.71. The molecule has 1 unspecified atom stereocenters. The lowest BCUT2D eigenvalue weighted by molar-refractivity contribution is -0.119. The third-order valence-electron chi connectivity index (χ3n) is 3.75. The first kappa shape index (κ1) is 17.5. The number of nitrogens with one attached hydrogen (secondary N) is 1. The van der Waals surface area contributed by atoms with Crippen LogP contribution in [0.15, 0.2) is 24.3 Å². The van der Waals surface area contributed by atoms with E-state index in [1.807, 2.05) is 38.1 Å². The summed E-state index contributed by atoms with van der Waals surface area (Å²) in [5.74, 6) is 0.936. The largest absolute Gasteiger partial charge is 0.492 e. The number of nitrogens with zero attached hydrogens (tertiary/aromatic N) is 1. The van der Waals surface area contributed by atoms with E-state index < -0.39 is 0 Å². The molecular formula is C17H28N2O2. The van der Waals surface area contributed by atoms with Gasteiger partial charge in [0.15, 0.2) is 0 Å². The molecule has 0 aliphatic heterocycles. The molecule has 1 N–H and O–H groups in total. The lowest BCUT2D eigenvalue weighted by Gasteiger charge is -2.18. The van der Waals surface area contributed by atoms with Crippen LogP contribution in [0.3, 0.4) is 0 Å². The number of hydrogen-bond donors (Lipinski definition) is 1. The summed E-state index contributed by atoms with van der Waals surface area (Å²) in [6, 6.07) is 7.56. The summed E-state index contributed by atoms with van der Waals surface area (Å²) in [4.78, 5) is 14.1. The lowest BCUT2D eigenvalue weighted by Crippen LogP contribution is -2.27. The number of benzene rings is 1. The van der Waals surface area contributed by atoms with Crippen LogP contribution in [-0.2, 0) is 4.79 Å². The van der Waals surface area contributed by atoms with Crippen LogP contribution in [0.2, 0.25) is 0 Å². The Balaban J connectivity index is 2.41. The first-order valence-corrected chi connectivity index (χ1v) is 7.86. The van der Waals surface area contributed by atoms with Gasteiger partial charge in [0.05, 0.1) is 0 Å². The number of carbonyl (C=O) groups excluding carboxylic acids is 1. The molecule has 0 spiro atoms. The highest BCUT2D eigenvalue weighted by Gasteiger charge is 2.10. The number of hydrogen-bond acceptors (Lipinski definition) is 3. The molecule has 21 heavy (non-hydrogen) atoms. The molecule has 0 fully saturated rings. The summed E-state index contributed by atoms with van der Waals surface area (Å²) in [7, 11) is 0. The van der Waals surface area contributed by atoms with Crippen molar-refractivity contribution in [2.24, 2.45) is 5.92 Å². The van der Waals surface area contributed by atoms with Gasteiger partial charge in [0.1, 0.15) is 12.4 Å². The molecule has 0 heterocycles. The van der Waals surface area contributed by atoms with Gasteiger partial charge < -0.3 is 15.0 Å². The molecule has 1 aromatic carbocycles. The summed E-state index contributed by atoms with van der Waals surface area (Å²) >= 11 is 0. The Hall–Kier alpha value is -1.55. The summed E-state index contributed by atoms with van der Waals surface area (Å²) in [5, 5.41) is 2.91. The average Bonchev–Trinajstić information content (AvgIpc) is 2.52. The molecule has 4 heteroatoms. The summed E-state index contributed by atoms with van der Waals surface area (Å²) in [5.41, 5.74) is 0.816. The summed E-state index contributed by atoms with van der Waals surface area (Å²) in [6.45, 7) is 11.9. The van der Waals surface area contributed by atoms with Crippen molar-refractivity contribution in [3.8, 4) is 5.75 Å². The van der Waals surface area contributed by atoms with E-state index in [1.165, 1.54) is 0 Å². The zero-order valence-electron chi connectivity index (χ0n) is 13.7. The van der Waals surface area contributed by atoms with Gasteiger partial charge in [0.25, 0.3) is 0 Å². The Morgan fingerprint density at radius 1 is 1.19 bits per heavy atom. The van der Waals surface area contributed by atoms with Gasteiger partial charge in [-0.1, -0.05) is 27.7 Å². The highest BCUT2D eigenvalue weighted by Crippen LogP contribution is 2.16. The van der Waals surface area contributed by atoms with E-state index in [-0.39, 0.29) is 11.8 Å². The van der Waals surface area contributed by atoms with E-state index in [0.717, 1.165) is 37.5 Å². The standard InChI is InChI=1S/C17H28N2O2/c1-5-14(4)17(20)18-15-8-10-16(11-9-15)21-13-12-19(6-2)7-3/h8-11,14H,5-7,12-13H2,1-4H3,(H,18,20). The molecule has 1 amide bonds. The van der Waals surface area contributed by atoms with Crippen LogP contribution in [0.4, 0.5) is 5.69 Å². The fourth-order valence-electron chi connectivity index (χ4n) is 1.92. The number of ether oxygens (including phenoxy) is 1. The van der Waals surface area contributed by atoms with Gasteiger partial charge in [-0.25, -0.2) is 0 Å². The number of amides is 1. The number of carbonyl (C=O) groups is 1. The molecule has 0 bridgehead atoms. The van der Waals surface area contributed by atoms with Crippen molar-refractivity contribution in [3.05, 3.63) is 24.3 Å². The maximum atomic E-state index is 11.8. The topological polar surface area (TPSA) is 41.6 Å². The minimum absolute atomic E-state index is 0.0370.